The Labute approximate surface area is 208 Å². The van der Waals surface area contributed by atoms with Gasteiger partial charge in [-0.15, -0.1) is 0 Å². The molecule has 1 atom stereocenters. The molecule has 176 valence electrons. The summed E-state index contributed by atoms with van der Waals surface area (Å²) in [5.74, 6) is 0.829. The molecule has 0 bridgehead atoms. The molecule has 36 heavy (non-hydrogen) atoms. The molecule has 5 nitrogen and oxygen atoms in total. The molecule has 1 N–H and O–H groups in total. The zero-order chi connectivity index (χ0) is 24.5. The van der Waals surface area contributed by atoms with Crippen LogP contribution in [0.1, 0.15) is 6.42 Å². The largest absolute Gasteiger partial charge is 0.457 e. The van der Waals surface area contributed by atoms with E-state index in [1.165, 1.54) is 0 Å². The maximum atomic E-state index is 13.0. The van der Waals surface area contributed by atoms with Crippen molar-refractivity contribution in [2.45, 2.75) is 6.42 Å². The molecule has 5 aromatic rings. The van der Waals surface area contributed by atoms with Crippen molar-refractivity contribution in [3.8, 4) is 11.5 Å². The molecule has 0 unspecified atom stereocenters. The Morgan fingerprint density at radius 3 is 2.28 bits per heavy atom. The van der Waals surface area contributed by atoms with E-state index in [4.69, 9.17) is 4.74 Å². The molecule has 1 heterocycles. The topological polar surface area (TPSA) is 58.6 Å². The standard InChI is InChI=1S/C31H24N2O3/c34-30-19-24(20-33(30)29-11-5-9-22-7-3-4-10-28(22)29)31(35)32-25-13-16-26(17-14-25)36-27-15-12-21-6-1-2-8-23(21)18-27/h1-18,24H,19-20H2,(H,32,35)/t24-/m0/s1. The highest BCUT2D eigenvalue weighted by Crippen LogP contribution is 2.32. The van der Waals surface area contributed by atoms with E-state index in [2.05, 4.69) is 17.4 Å². The summed E-state index contributed by atoms with van der Waals surface area (Å²) >= 11 is 0. The van der Waals surface area contributed by atoms with Crippen molar-refractivity contribution in [3.05, 3.63) is 109 Å². The van der Waals surface area contributed by atoms with Crippen LogP contribution in [0.25, 0.3) is 21.5 Å². The van der Waals surface area contributed by atoms with Crippen molar-refractivity contribution < 1.29 is 14.3 Å². The minimum atomic E-state index is -0.412. The Hall–Kier alpha value is -4.64. The summed E-state index contributed by atoms with van der Waals surface area (Å²) in [6.07, 6.45) is 0.193. The molecule has 2 amide bonds. The fourth-order valence-electron chi connectivity index (χ4n) is 4.78. The van der Waals surface area contributed by atoms with Gasteiger partial charge in [-0.1, -0.05) is 66.7 Å². The number of carbonyl (C=O) groups excluding carboxylic acids is 2. The van der Waals surface area contributed by atoms with E-state index in [1.54, 1.807) is 4.90 Å². The predicted octanol–water partition coefficient (Wildman–Crippen LogP) is 6.78. The smallest absolute Gasteiger partial charge is 0.229 e. The van der Waals surface area contributed by atoms with Crippen LogP contribution in [0.15, 0.2) is 109 Å². The van der Waals surface area contributed by atoms with Crippen LogP contribution in [0.2, 0.25) is 0 Å². The normalized spacial score (nSPS) is 15.4. The first-order valence-corrected chi connectivity index (χ1v) is 12.0. The first kappa shape index (κ1) is 21.9. The second kappa shape index (κ2) is 9.19. The lowest BCUT2D eigenvalue weighted by Crippen LogP contribution is -2.28. The summed E-state index contributed by atoms with van der Waals surface area (Å²) in [6.45, 7) is 0.363. The third kappa shape index (κ3) is 4.27. The lowest BCUT2D eigenvalue weighted by Gasteiger charge is -2.19. The molecule has 1 aliphatic heterocycles. The number of anilines is 2. The first-order chi connectivity index (χ1) is 17.6. The fraction of sp³-hybridized carbons (Fsp3) is 0.0968. The molecule has 1 fully saturated rings. The highest BCUT2D eigenvalue weighted by molar-refractivity contribution is 6.08. The Balaban J connectivity index is 1.12. The minimum absolute atomic E-state index is 0.0364. The molecule has 0 aromatic heterocycles. The van der Waals surface area contributed by atoms with E-state index in [0.717, 1.165) is 33.0 Å². The van der Waals surface area contributed by atoms with Crippen LogP contribution in [0.3, 0.4) is 0 Å². The second-order valence-electron chi connectivity index (χ2n) is 9.03. The van der Waals surface area contributed by atoms with Gasteiger partial charge in [-0.3, -0.25) is 9.59 Å². The molecule has 1 aliphatic rings. The van der Waals surface area contributed by atoms with E-state index < -0.39 is 5.92 Å². The van der Waals surface area contributed by atoms with Crippen molar-refractivity contribution in [1.29, 1.82) is 0 Å². The van der Waals surface area contributed by atoms with Crippen molar-refractivity contribution in [3.63, 3.8) is 0 Å². The zero-order valence-corrected chi connectivity index (χ0v) is 19.6. The SMILES string of the molecule is O=C(Nc1ccc(Oc2ccc3ccccc3c2)cc1)[C@H]1CC(=O)N(c2cccc3ccccc23)C1. The van der Waals surface area contributed by atoms with E-state index in [0.29, 0.717) is 18.0 Å². The average molecular weight is 473 g/mol. The van der Waals surface area contributed by atoms with Crippen LogP contribution in [-0.4, -0.2) is 18.4 Å². The number of hydrogen-bond acceptors (Lipinski definition) is 3. The monoisotopic (exact) mass is 472 g/mol. The molecule has 1 saturated heterocycles. The van der Waals surface area contributed by atoms with Crippen LogP contribution in [-0.2, 0) is 9.59 Å². The Kier molecular flexibility index (Phi) is 5.58. The number of rotatable bonds is 5. The number of ether oxygens (including phenoxy) is 1. The van der Waals surface area contributed by atoms with Crippen molar-refractivity contribution in [2.24, 2.45) is 5.92 Å². The highest BCUT2D eigenvalue weighted by Gasteiger charge is 2.35. The Morgan fingerprint density at radius 2 is 1.44 bits per heavy atom. The summed E-state index contributed by atoms with van der Waals surface area (Å²) in [5.41, 5.74) is 1.52. The van der Waals surface area contributed by atoms with Gasteiger partial charge in [-0.05, 0) is 58.6 Å². The van der Waals surface area contributed by atoms with E-state index in [9.17, 15) is 9.59 Å². The van der Waals surface area contributed by atoms with Gasteiger partial charge >= 0.3 is 0 Å². The van der Waals surface area contributed by atoms with Crippen LogP contribution in [0.4, 0.5) is 11.4 Å². The first-order valence-electron chi connectivity index (χ1n) is 12.0. The molecule has 0 radical (unpaired) electrons. The summed E-state index contributed by atoms with van der Waals surface area (Å²) in [7, 11) is 0. The number of benzene rings is 5. The summed E-state index contributed by atoms with van der Waals surface area (Å²) in [4.78, 5) is 27.5. The Morgan fingerprint density at radius 1 is 0.750 bits per heavy atom. The zero-order valence-electron chi connectivity index (χ0n) is 19.6. The van der Waals surface area contributed by atoms with E-state index in [1.807, 2.05) is 97.1 Å². The number of amides is 2. The van der Waals surface area contributed by atoms with Gasteiger partial charge in [-0.2, -0.15) is 0 Å². The molecule has 6 rings (SSSR count). The Bertz CT molecular complexity index is 1590. The predicted molar refractivity (Wildman–Crippen MR) is 144 cm³/mol. The van der Waals surface area contributed by atoms with Crippen LogP contribution < -0.4 is 15.0 Å². The van der Waals surface area contributed by atoms with Crippen molar-refractivity contribution in [2.75, 3.05) is 16.8 Å². The average Bonchev–Trinajstić information content (AvgIpc) is 3.31. The summed E-state index contributed by atoms with van der Waals surface area (Å²) in [5, 5.41) is 7.31. The van der Waals surface area contributed by atoms with Crippen LogP contribution in [0, 0.1) is 5.92 Å². The maximum absolute atomic E-state index is 13.0. The van der Waals surface area contributed by atoms with Gasteiger partial charge in [0.15, 0.2) is 0 Å². The minimum Gasteiger partial charge on any atom is -0.457 e. The van der Waals surface area contributed by atoms with Gasteiger partial charge in [-0.25, -0.2) is 0 Å². The lowest BCUT2D eigenvalue weighted by atomic mass is 10.1. The molecule has 5 heteroatoms. The number of fused-ring (bicyclic) bond motifs is 2. The van der Waals surface area contributed by atoms with Gasteiger partial charge in [0.2, 0.25) is 11.8 Å². The fourth-order valence-corrected chi connectivity index (χ4v) is 4.78. The van der Waals surface area contributed by atoms with Crippen LogP contribution >= 0.6 is 0 Å². The highest BCUT2D eigenvalue weighted by atomic mass is 16.5. The van der Waals surface area contributed by atoms with Gasteiger partial charge < -0.3 is 15.0 Å². The number of hydrogen-bond donors (Lipinski definition) is 1. The molecular weight excluding hydrogens is 448 g/mol. The molecular formula is C31H24N2O3. The maximum Gasteiger partial charge on any atom is 0.229 e. The number of nitrogens with zero attached hydrogens (tertiary/aromatic N) is 1. The van der Waals surface area contributed by atoms with Gasteiger partial charge in [0.1, 0.15) is 11.5 Å². The lowest BCUT2D eigenvalue weighted by molar-refractivity contribution is -0.122. The van der Waals surface area contributed by atoms with Crippen molar-refractivity contribution >= 4 is 44.7 Å². The summed E-state index contributed by atoms with van der Waals surface area (Å²) in [6, 6.07) is 35.3. The molecule has 0 aliphatic carbocycles. The van der Waals surface area contributed by atoms with Gasteiger partial charge in [0.05, 0.1) is 11.6 Å². The third-order valence-electron chi connectivity index (χ3n) is 6.63. The van der Waals surface area contributed by atoms with E-state index >= 15 is 0 Å². The second-order valence-corrected chi connectivity index (χ2v) is 9.03. The van der Waals surface area contributed by atoms with Gasteiger partial charge in [0.25, 0.3) is 0 Å². The summed E-state index contributed by atoms with van der Waals surface area (Å²) < 4.78 is 5.99. The van der Waals surface area contributed by atoms with Crippen LogP contribution in [0.5, 0.6) is 11.5 Å². The third-order valence-corrected chi connectivity index (χ3v) is 6.63. The number of carbonyl (C=O) groups is 2. The van der Waals surface area contributed by atoms with Crippen molar-refractivity contribution in [1.82, 2.24) is 0 Å². The molecule has 0 spiro atoms. The molecule has 0 saturated carbocycles. The quantitative estimate of drug-likeness (QED) is 0.307. The van der Waals surface area contributed by atoms with E-state index in [-0.39, 0.29) is 18.2 Å². The van der Waals surface area contributed by atoms with Gasteiger partial charge in [0, 0.05) is 24.0 Å². The molecule has 5 aromatic carbocycles. The number of nitrogens with one attached hydrogen (secondary N) is 1.